The van der Waals surface area contributed by atoms with E-state index in [1.807, 2.05) is 18.2 Å². The molecule has 134 valence electrons. The van der Waals surface area contributed by atoms with Gasteiger partial charge in [0.2, 0.25) is 0 Å². The van der Waals surface area contributed by atoms with Crippen molar-refractivity contribution in [1.29, 1.82) is 0 Å². The van der Waals surface area contributed by atoms with Crippen molar-refractivity contribution in [3.63, 3.8) is 0 Å². The van der Waals surface area contributed by atoms with Crippen molar-refractivity contribution in [3.8, 4) is 22.8 Å². The van der Waals surface area contributed by atoms with E-state index in [9.17, 15) is 4.79 Å². The van der Waals surface area contributed by atoms with Gasteiger partial charge in [-0.05, 0) is 23.8 Å². The minimum absolute atomic E-state index is 0.328. The normalized spacial score (nSPS) is 10.2. The second-order valence-electron chi connectivity index (χ2n) is 5.47. The first kappa shape index (κ1) is 17.3. The van der Waals surface area contributed by atoms with Crippen LogP contribution in [0.5, 0.6) is 11.5 Å². The Hall–Kier alpha value is -3.48. The number of benzene rings is 1. The Morgan fingerprint density at radius 1 is 1.12 bits per heavy atom. The summed E-state index contributed by atoms with van der Waals surface area (Å²) in [6, 6.07) is 10.4. The van der Waals surface area contributed by atoms with Crippen LogP contribution in [0.25, 0.3) is 11.3 Å². The SMILES string of the molecule is COc1cc(NC(=O)NCc2cncc(-c3ccco3)c2)cc(OC)c1. The average Bonchev–Trinajstić information content (AvgIpc) is 3.21. The van der Waals surface area contributed by atoms with E-state index in [-0.39, 0.29) is 6.03 Å². The van der Waals surface area contributed by atoms with Crippen LogP contribution in [0.1, 0.15) is 5.56 Å². The number of urea groups is 1. The lowest BCUT2D eigenvalue weighted by Gasteiger charge is -2.11. The van der Waals surface area contributed by atoms with Gasteiger partial charge in [-0.15, -0.1) is 0 Å². The summed E-state index contributed by atoms with van der Waals surface area (Å²) in [4.78, 5) is 16.3. The van der Waals surface area contributed by atoms with Crippen molar-refractivity contribution in [3.05, 3.63) is 60.6 Å². The van der Waals surface area contributed by atoms with Crippen molar-refractivity contribution in [2.75, 3.05) is 19.5 Å². The Balaban J connectivity index is 1.62. The predicted molar refractivity (Wildman–Crippen MR) is 97.3 cm³/mol. The molecule has 2 aromatic heterocycles. The van der Waals surface area contributed by atoms with Crippen molar-refractivity contribution < 1.29 is 18.7 Å². The molecule has 0 unspecified atom stereocenters. The number of nitrogens with one attached hydrogen (secondary N) is 2. The second kappa shape index (κ2) is 8.06. The van der Waals surface area contributed by atoms with Gasteiger partial charge in [-0.2, -0.15) is 0 Å². The summed E-state index contributed by atoms with van der Waals surface area (Å²) < 4.78 is 15.7. The highest BCUT2D eigenvalue weighted by atomic mass is 16.5. The molecular weight excluding hydrogens is 334 g/mol. The van der Waals surface area contributed by atoms with Crippen LogP contribution in [0.4, 0.5) is 10.5 Å². The third-order valence-corrected chi connectivity index (χ3v) is 3.66. The van der Waals surface area contributed by atoms with Crippen LogP contribution in [0.15, 0.2) is 59.5 Å². The molecule has 2 heterocycles. The molecule has 0 saturated heterocycles. The number of amides is 2. The molecule has 2 N–H and O–H groups in total. The number of anilines is 1. The lowest BCUT2D eigenvalue weighted by atomic mass is 10.1. The van der Waals surface area contributed by atoms with Gasteiger partial charge in [0.25, 0.3) is 0 Å². The van der Waals surface area contributed by atoms with E-state index in [2.05, 4.69) is 15.6 Å². The van der Waals surface area contributed by atoms with Crippen LogP contribution in [0.3, 0.4) is 0 Å². The van der Waals surface area contributed by atoms with Gasteiger partial charge in [-0.3, -0.25) is 4.98 Å². The number of carbonyl (C=O) groups is 1. The quantitative estimate of drug-likeness (QED) is 0.706. The van der Waals surface area contributed by atoms with E-state index < -0.39 is 0 Å². The van der Waals surface area contributed by atoms with Crippen molar-refractivity contribution >= 4 is 11.7 Å². The summed E-state index contributed by atoms with van der Waals surface area (Å²) in [7, 11) is 3.11. The van der Waals surface area contributed by atoms with Gasteiger partial charge < -0.3 is 24.5 Å². The second-order valence-corrected chi connectivity index (χ2v) is 5.47. The molecule has 0 bridgehead atoms. The van der Waals surface area contributed by atoms with Gasteiger partial charge in [0, 0.05) is 48.4 Å². The van der Waals surface area contributed by atoms with Crippen LogP contribution in [0, 0.1) is 0 Å². The van der Waals surface area contributed by atoms with Gasteiger partial charge in [-0.25, -0.2) is 4.79 Å². The van der Waals surface area contributed by atoms with Crippen molar-refractivity contribution in [1.82, 2.24) is 10.3 Å². The summed E-state index contributed by atoms with van der Waals surface area (Å²) in [6.07, 6.45) is 5.02. The number of hydrogen-bond acceptors (Lipinski definition) is 5. The van der Waals surface area contributed by atoms with Gasteiger partial charge >= 0.3 is 6.03 Å². The topological polar surface area (TPSA) is 85.6 Å². The molecule has 7 nitrogen and oxygen atoms in total. The number of ether oxygens (including phenoxy) is 2. The monoisotopic (exact) mass is 353 g/mol. The Morgan fingerprint density at radius 2 is 1.88 bits per heavy atom. The maximum atomic E-state index is 12.2. The molecule has 1 aromatic carbocycles. The predicted octanol–water partition coefficient (Wildman–Crippen LogP) is 3.68. The summed E-state index contributed by atoms with van der Waals surface area (Å²) in [5.41, 5.74) is 2.28. The van der Waals surface area contributed by atoms with Gasteiger partial charge in [0.15, 0.2) is 0 Å². The number of aromatic nitrogens is 1. The first-order valence-corrected chi connectivity index (χ1v) is 7.93. The molecule has 7 heteroatoms. The lowest BCUT2D eigenvalue weighted by Crippen LogP contribution is -2.28. The summed E-state index contributed by atoms with van der Waals surface area (Å²) in [6.45, 7) is 0.328. The van der Waals surface area contributed by atoms with E-state index in [1.54, 1.807) is 51.1 Å². The first-order valence-electron chi connectivity index (χ1n) is 7.93. The fourth-order valence-electron chi connectivity index (χ4n) is 2.40. The Bertz CT molecular complexity index is 856. The van der Waals surface area contributed by atoms with Crippen LogP contribution in [-0.2, 0) is 6.54 Å². The van der Waals surface area contributed by atoms with Gasteiger partial charge in [0.1, 0.15) is 17.3 Å². The number of rotatable bonds is 6. The molecule has 0 spiro atoms. The van der Waals surface area contributed by atoms with E-state index in [1.165, 1.54) is 0 Å². The third-order valence-electron chi connectivity index (χ3n) is 3.66. The molecule has 0 aliphatic rings. The van der Waals surface area contributed by atoms with Crippen LogP contribution in [-0.4, -0.2) is 25.2 Å². The maximum absolute atomic E-state index is 12.2. The zero-order valence-corrected chi connectivity index (χ0v) is 14.5. The smallest absolute Gasteiger partial charge is 0.319 e. The lowest BCUT2D eigenvalue weighted by molar-refractivity contribution is 0.251. The molecule has 2 amide bonds. The first-order chi connectivity index (χ1) is 12.7. The van der Waals surface area contributed by atoms with Crippen LogP contribution >= 0.6 is 0 Å². The molecule has 3 aromatic rings. The number of furan rings is 1. The number of methoxy groups -OCH3 is 2. The highest BCUT2D eigenvalue weighted by Gasteiger charge is 2.07. The molecule has 0 saturated carbocycles. The minimum Gasteiger partial charge on any atom is -0.497 e. The molecule has 0 aliphatic carbocycles. The van der Waals surface area contributed by atoms with Gasteiger partial charge in [0.05, 0.1) is 20.5 Å². The largest absolute Gasteiger partial charge is 0.497 e. The van der Waals surface area contributed by atoms with E-state index in [0.717, 1.165) is 16.9 Å². The molecule has 0 aliphatic heterocycles. The Kier molecular flexibility index (Phi) is 5.38. The van der Waals surface area contributed by atoms with E-state index in [0.29, 0.717) is 23.7 Å². The van der Waals surface area contributed by atoms with Gasteiger partial charge in [-0.1, -0.05) is 0 Å². The summed E-state index contributed by atoms with van der Waals surface area (Å²) in [5, 5.41) is 5.55. The molecule has 0 radical (unpaired) electrons. The van der Waals surface area contributed by atoms with Crippen LogP contribution < -0.4 is 20.1 Å². The minimum atomic E-state index is -0.344. The zero-order valence-electron chi connectivity index (χ0n) is 14.5. The van der Waals surface area contributed by atoms with Crippen LogP contribution in [0.2, 0.25) is 0 Å². The number of nitrogens with zero attached hydrogens (tertiary/aromatic N) is 1. The molecular formula is C19H19N3O4. The zero-order chi connectivity index (χ0) is 18.4. The Morgan fingerprint density at radius 3 is 2.54 bits per heavy atom. The maximum Gasteiger partial charge on any atom is 0.319 e. The molecule has 3 rings (SSSR count). The summed E-state index contributed by atoms with van der Waals surface area (Å²) >= 11 is 0. The Labute approximate surface area is 151 Å². The molecule has 26 heavy (non-hydrogen) atoms. The fraction of sp³-hybridized carbons (Fsp3) is 0.158. The number of pyridine rings is 1. The standard InChI is InChI=1S/C19H19N3O4/c1-24-16-7-15(8-17(9-16)25-2)22-19(23)21-11-13-6-14(12-20-10-13)18-4-3-5-26-18/h3-10,12H,11H2,1-2H3,(H2,21,22,23). The third kappa shape index (κ3) is 4.32. The molecule has 0 fully saturated rings. The fourth-order valence-corrected chi connectivity index (χ4v) is 2.40. The number of carbonyl (C=O) groups excluding carboxylic acids is 1. The average molecular weight is 353 g/mol. The summed E-state index contributed by atoms with van der Waals surface area (Å²) in [5.74, 6) is 1.91. The highest BCUT2D eigenvalue weighted by Crippen LogP contribution is 2.25. The highest BCUT2D eigenvalue weighted by molar-refractivity contribution is 5.89. The van der Waals surface area contributed by atoms with Crippen molar-refractivity contribution in [2.45, 2.75) is 6.54 Å². The molecule has 0 atom stereocenters. The van der Waals surface area contributed by atoms with E-state index in [4.69, 9.17) is 13.9 Å². The van der Waals surface area contributed by atoms with Crippen molar-refractivity contribution in [2.24, 2.45) is 0 Å². The van der Waals surface area contributed by atoms with E-state index >= 15 is 0 Å². The number of hydrogen-bond donors (Lipinski definition) is 2.